The predicted octanol–water partition coefficient (Wildman–Crippen LogP) is 2.28. The van der Waals surface area contributed by atoms with Gasteiger partial charge >= 0.3 is 0 Å². The molecule has 3 rings (SSSR count). The summed E-state index contributed by atoms with van der Waals surface area (Å²) in [7, 11) is 3.42. The van der Waals surface area contributed by atoms with E-state index in [1.54, 1.807) is 13.2 Å². The number of carbonyl (C=O) groups excluding carboxylic acids is 2. The molecule has 0 spiro atoms. The van der Waals surface area contributed by atoms with E-state index in [1.165, 1.54) is 0 Å². The predicted molar refractivity (Wildman–Crippen MR) is 126 cm³/mol. The van der Waals surface area contributed by atoms with Gasteiger partial charge in [-0.2, -0.15) is 0 Å². The van der Waals surface area contributed by atoms with Crippen LogP contribution in [0.2, 0.25) is 0 Å². The standard InChI is InChI=1S/C24H32N4O4/c1-5-28-15-18(32-22-9-7-6-8-20(22)28)14-27(3)16-24(30)25-13-23(29)26-19-12-17(2)10-11-21(19)31-4/h6-12,18H,5,13-16H2,1-4H3,(H,25,30)(H,26,29). The molecule has 1 heterocycles. The van der Waals surface area contributed by atoms with Gasteiger partial charge in [-0.25, -0.2) is 0 Å². The monoisotopic (exact) mass is 440 g/mol. The maximum atomic E-state index is 12.3. The molecule has 1 aliphatic rings. The van der Waals surface area contributed by atoms with Crippen LogP contribution in [0.15, 0.2) is 42.5 Å². The Morgan fingerprint density at radius 2 is 2.00 bits per heavy atom. The maximum Gasteiger partial charge on any atom is 0.243 e. The summed E-state index contributed by atoms with van der Waals surface area (Å²) in [6.07, 6.45) is -0.0419. The number of fused-ring (bicyclic) bond motifs is 1. The molecule has 2 aromatic rings. The lowest BCUT2D eigenvalue weighted by molar-refractivity contribution is -0.125. The van der Waals surface area contributed by atoms with Crippen molar-refractivity contribution in [2.75, 3.05) is 57.1 Å². The molecule has 0 aromatic heterocycles. The second kappa shape index (κ2) is 10.9. The van der Waals surface area contributed by atoms with E-state index >= 15 is 0 Å². The Hall–Kier alpha value is -3.26. The van der Waals surface area contributed by atoms with E-state index in [-0.39, 0.29) is 31.0 Å². The third kappa shape index (κ3) is 6.13. The summed E-state index contributed by atoms with van der Waals surface area (Å²) in [6.45, 7) is 6.37. The fourth-order valence-electron chi connectivity index (χ4n) is 3.78. The van der Waals surface area contributed by atoms with Gasteiger partial charge in [0.05, 0.1) is 38.1 Å². The Morgan fingerprint density at radius 1 is 1.22 bits per heavy atom. The molecule has 0 fully saturated rings. The molecule has 1 aliphatic heterocycles. The van der Waals surface area contributed by atoms with E-state index in [1.807, 2.05) is 49.2 Å². The van der Waals surface area contributed by atoms with Crippen LogP contribution in [0.25, 0.3) is 0 Å². The number of nitrogens with one attached hydrogen (secondary N) is 2. The van der Waals surface area contributed by atoms with Gasteiger partial charge < -0.3 is 25.0 Å². The molecule has 0 aliphatic carbocycles. The van der Waals surface area contributed by atoms with Crippen molar-refractivity contribution < 1.29 is 19.1 Å². The molecular weight excluding hydrogens is 408 g/mol. The molecule has 172 valence electrons. The number of carbonyl (C=O) groups is 2. The lowest BCUT2D eigenvalue weighted by atomic mass is 10.2. The summed E-state index contributed by atoms with van der Waals surface area (Å²) in [4.78, 5) is 28.8. The highest BCUT2D eigenvalue weighted by molar-refractivity contribution is 5.96. The molecule has 0 radical (unpaired) electrons. The van der Waals surface area contributed by atoms with Crippen molar-refractivity contribution in [2.45, 2.75) is 20.0 Å². The molecule has 0 saturated carbocycles. The number of amides is 2. The molecule has 2 amide bonds. The molecule has 0 bridgehead atoms. The Kier molecular flexibility index (Phi) is 7.94. The van der Waals surface area contributed by atoms with Crippen LogP contribution in [0, 0.1) is 6.92 Å². The number of hydrogen-bond donors (Lipinski definition) is 2. The Bertz CT molecular complexity index is 949. The normalized spacial score (nSPS) is 15.0. The first-order chi connectivity index (χ1) is 15.4. The SMILES string of the molecule is CCN1CC(CN(C)CC(=O)NCC(=O)Nc2cc(C)ccc2OC)Oc2ccccc21. The summed E-state index contributed by atoms with van der Waals surface area (Å²) in [5.41, 5.74) is 2.68. The van der Waals surface area contributed by atoms with E-state index in [0.717, 1.165) is 30.1 Å². The smallest absolute Gasteiger partial charge is 0.243 e. The number of likely N-dealkylation sites (N-methyl/N-ethyl adjacent to an activating group) is 2. The van der Waals surface area contributed by atoms with E-state index in [9.17, 15) is 9.59 Å². The third-order valence-corrected chi connectivity index (χ3v) is 5.31. The molecule has 1 unspecified atom stereocenters. The second-order valence-electron chi connectivity index (χ2n) is 7.97. The van der Waals surface area contributed by atoms with Crippen LogP contribution >= 0.6 is 0 Å². The number of ether oxygens (including phenoxy) is 2. The molecule has 1 atom stereocenters. The molecular formula is C24H32N4O4. The number of benzene rings is 2. The molecule has 2 N–H and O–H groups in total. The van der Waals surface area contributed by atoms with E-state index in [4.69, 9.17) is 9.47 Å². The number of para-hydroxylation sites is 2. The van der Waals surface area contributed by atoms with Gasteiger partial charge in [-0.05, 0) is 50.7 Å². The minimum absolute atomic E-state index is 0.0419. The van der Waals surface area contributed by atoms with Crippen molar-refractivity contribution in [1.29, 1.82) is 0 Å². The first kappa shape index (κ1) is 23.4. The number of rotatable bonds is 9. The van der Waals surface area contributed by atoms with Gasteiger partial charge in [-0.15, -0.1) is 0 Å². The number of anilines is 2. The first-order valence-corrected chi connectivity index (χ1v) is 10.8. The molecule has 32 heavy (non-hydrogen) atoms. The lowest BCUT2D eigenvalue weighted by Gasteiger charge is -2.37. The fraction of sp³-hybridized carbons (Fsp3) is 0.417. The molecule has 8 heteroatoms. The number of aryl methyl sites for hydroxylation is 1. The van der Waals surface area contributed by atoms with Crippen molar-refractivity contribution in [1.82, 2.24) is 10.2 Å². The number of hydrogen-bond acceptors (Lipinski definition) is 6. The Labute approximate surface area is 189 Å². The average molecular weight is 441 g/mol. The van der Waals surface area contributed by atoms with Gasteiger partial charge in [-0.1, -0.05) is 18.2 Å². The minimum Gasteiger partial charge on any atom is -0.495 e. The van der Waals surface area contributed by atoms with Crippen molar-refractivity contribution in [3.8, 4) is 11.5 Å². The fourth-order valence-corrected chi connectivity index (χ4v) is 3.78. The molecule has 0 saturated heterocycles. The molecule has 8 nitrogen and oxygen atoms in total. The van der Waals surface area contributed by atoms with Crippen LogP contribution in [-0.4, -0.2) is 69.7 Å². The van der Waals surface area contributed by atoms with Gasteiger partial charge in [-0.3, -0.25) is 14.5 Å². The van der Waals surface area contributed by atoms with Crippen LogP contribution < -0.4 is 25.0 Å². The molecule has 2 aromatic carbocycles. The highest BCUT2D eigenvalue weighted by Gasteiger charge is 2.25. The van der Waals surface area contributed by atoms with Crippen molar-refractivity contribution >= 4 is 23.2 Å². The van der Waals surface area contributed by atoms with Crippen LogP contribution in [0.5, 0.6) is 11.5 Å². The zero-order chi connectivity index (χ0) is 23.1. The van der Waals surface area contributed by atoms with Gasteiger partial charge in [0.2, 0.25) is 11.8 Å². The topological polar surface area (TPSA) is 83.1 Å². The summed E-state index contributed by atoms with van der Waals surface area (Å²) in [5.74, 6) is 0.912. The zero-order valence-corrected chi connectivity index (χ0v) is 19.2. The maximum absolute atomic E-state index is 12.3. The summed E-state index contributed by atoms with van der Waals surface area (Å²) in [5, 5.41) is 5.45. The van der Waals surface area contributed by atoms with Gasteiger partial charge in [0.15, 0.2) is 0 Å². The second-order valence-corrected chi connectivity index (χ2v) is 7.97. The summed E-state index contributed by atoms with van der Waals surface area (Å²) < 4.78 is 11.4. The van der Waals surface area contributed by atoms with Crippen molar-refractivity contribution in [3.05, 3.63) is 48.0 Å². The van der Waals surface area contributed by atoms with Crippen LogP contribution in [0.3, 0.4) is 0 Å². The quantitative estimate of drug-likeness (QED) is 0.623. The van der Waals surface area contributed by atoms with Crippen LogP contribution in [-0.2, 0) is 9.59 Å². The van der Waals surface area contributed by atoms with Gasteiger partial charge in [0.1, 0.15) is 17.6 Å². The summed E-state index contributed by atoms with van der Waals surface area (Å²) >= 11 is 0. The first-order valence-electron chi connectivity index (χ1n) is 10.8. The van der Waals surface area contributed by atoms with Crippen LogP contribution in [0.1, 0.15) is 12.5 Å². The lowest BCUT2D eigenvalue weighted by Crippen LogP contribution is -2.47. The van der Waals surface area contributed by atoms with Gasteiger partial charge in [0.25, 0.3) is 0 Å². The van der Waals surface area contributed by atoms with Gasteiger partial charge in [0, 0.05) is 13.1 Å². The van der Waals surface area contributed by atoms with Crippen LogP contribution in [0.4, 0.5) is 11.4 Å². The Balaban J connectivity index is 1.45. The highest BCUT2D eigenvalue weighted by atomic mass is 16.5. The Morgan fingerprint density at radius 3 is 2.75 bits per heavy atom. The number of methoxy groups -OCH3 is 1. The summed E-state index contributed by atoms with van der Waals surface area (Å²) in [6, 6.07) is 13.5. The van der Waals surface area contributed by atoms with Crippen molar-refractivity contribution in [2.24, 2.45) is 0 Å². The average Bonchev–Trinajstić information content (AvgIpc) is 2.77. The minimum atomic E-state index is -0.310. The largest absolute Gasteiger partial charge is 0.495 e. The highest BCUT2D eigenvalue weighted by Crippen LogP contribution is 2.32. The van der Waals surface area contributed by atoms with E-state index in [2.05, 4.69) is 28.5 Å². The van der Waals surface area contributed by atoms with Crippen molar-refractivity contribution in [3.63, 3.8) is 0 Å². The third-order valence-electron chi connectivity index (χ3n) is 5.31. The number of nitrogens with zero attached hydrogens (tertiary/aromatic N) is 2. The van der Waals surface area contributed by atoms with E-state index in [0.29, 0.717) is 18.0 Å². The zero-order valence-electron chi connectivity index (χ0n) is 19.2. The van der Waals surface area contributed by atoms with E-state index < -0.39 is 0 Å².